The second kappa shape index (κ2) is 6.38. The van der Waals surface area contributed by atoms with Gasteiger partial charge in [-0.3, -0.25) is 0 Å². The van der Waals surface area contributed by atoms with Gasteiger partial charge >= 0.3 is 7.12 Å². The highest BCUT2D eigenvalue weighted by Gasteiger charge is 2.51. The lowest BCUT2D eigenvalue weighted by Crippen LogP contribution is -2.41. The topological polar surface area (TPSA) is 18.5 Å². The maximum Gasteiger partial charge on any atom is 0.458 e. The molecule has 1 saturated heterocycles. The highest BCUT2D eigenvalue weighted by atomic mass is 16.7. The average Bonchev–Trinajstić information content (AvgIpc) is 2.73. The Morgan fingerprint density at radius 1 is 1.00 bits per heavy atom. The number of rotatable bonds is 5. The number of allylic oxidation sites excluding steroid dienone is 1. The van der Waals surface area contributed by atoms with Crippen LogP contribution in [0, 0.1) is 0 Å². The summed E-state index contributed by atoms with van der Waals surface area (Å²) in [7, 11) is -0.175. The largest absolute Gasteiger partial charge is 0.458 e. The van der Waals surface area contributed by atoms with Crippen molar-refractivity contribution in [1.29, 1.82) is 0 Å². The van der Waals surface area contributed by atoms with Crippen LogP contribution in [0.15, 0.2) is 55.1 Å². The minimum atomic E-state index is -0.278. The molecule has 2 aromatic carbocycles. The summed E-state index contributed by atoms with van der Waals surface area (Å²) >= 11 is 0. The van der Waals surface area contributed by atoms with Crippen molar-refractivity contribution in [3.05, 3.63) is 60.7 Å². The van der Waals surface area contributed by atoms with E-state index in [4.69, 9.17) is 9.31 Å². The molecule has 3 heteroatoms. The normalized spacial score (nSPS) is 20.2. The molecule has 0 N–H and O–H groups in total. The minimum Gasteiger partial charge on any atom is -0.403 e. The fourth-order valence-electron chi connectivity index (χ4n) is 3.32. The third-order valence-electron chi connectivity index (χ3n) is 5.48. The smallest absolute Gasteiger partial charge is 0.403 e. The molecule has 0 amide bonds. The van der Waals surface area contributed by atoms with Crippen LogP contribution in [0.4, 0.5) is 0 Å². The van der Waals surface area contributed by atoms with Gasteiger partial charge in [0.1, 0.15) is 0 Å². The molecule has 3 rings (SSSR count). The van der Waals surface area contributed by atoms with Crippen LogP contribution in [0.3, 0.4) is 0 Å². The summed E-state index contributed by atoms with van der Waals surface area (Å²) < 4.78 is 12.4. The van der Waals surface area contributed by atoms with Gasteiger partial charge in [0.15, 0.2) is 0 Å². The molecule has 1 aliphatic heterocycles. The molecule has 0 saturated carbocycles. The SMILES string of the molecule is C=CC[C@@H](CB1OC(C)(C)C(C)(C)O1)c1ccc2ccccc2c1. The zero-order valence-corrected chi connectivity index (χ0v) is 15.2. The van der Waals surface area contributed by atoms with E-state index in [2.05, 4.69) is 76.7 Å². The molecular weight excluding hydrogens is 295 g/mol. The van der Waals surface area contributed by atoms with Crippen LogP contribution >= 0.6 is 0 Å². The van der Waals surface area contributed by atoms with Crippen LogP contribution in [0.2, 0.25) is 6.32 Å². The summed E-state index contributed by atoms with van der Waals surface area (Å²) in [6.07, 6.45) is 3.75. The first-order valence-corrected chi connectivity index (χ1v) is 8.77. The van der Waals surface area contributed by atoms with Gasteiger partial charge in [0.25, 0.3) is 0 Å². The molecule has 1 heterocycles. The maximum absolute atomic E-state index is 6.19. The molecule has 126 valence electrons. The average molecular weight is 322 g/mol. The lowest BCUT2D eigenvalue weighted by Gasteiger charge is -2.32. The molecule has 0 unspecified atom stereocenters. The van der Waals surface area contributed by atoms with Gasteiger partial charge in [0.2, 0.25) is 0 Å². The zero-order chi connectivity index (χ0) is 17.4. The fourth-order valence-corrected chi connectivity index (χ4v) is 3.32. The zero-order valence-electron chi connectivity index (χ0n) is 15.2. The molecule has 24 heavy (non-hydrogen) atoms. The lowest BCUT2D eigenvalue weighted by molar-refractivity contribution is 0.00578. The third-order valence-corrected chi connectivity index (χ3v) is 5.48. The Balaban J connectivity index is 1.83. The predicted molar refractivity (Wildman–Crippen MR) is 102 cm³/mol. The van der Waals surface area contributed by atoms with E-state index < -0.39 is 0 Å². The van der Waals surface area contributed by atoms with Crippen molar-refractivity contribution in [3.63, 3.8) is 0 Å². The highest BCUT2D eigenvalue weighted by molar-refractivity contribution is 6.45. The van der Waals surface area contributed by atoms with Gasteiger partial charge in [0, 0.05) is 0 Å². The number of benzene rings is 2. The van der Waals surface area contributed by atoms with Crippen LogP contribution in [-0.4, -0.2) is 18.3 Å². The summed E-state index contributed by atoms with van der Waals surface area (Å²) in [6, 6.07) is 15.2. The molecule has 0 aromatic heterocycles. The first-order chi connectivity index (χ1) is 11.3. The first-order valence-electron chi connectivity index (χ1n) is 8.77. The molecule has 2 aromatic rings. The maximum atomic E-state index is 6.19. The Morgan fingerprint density at radius 3 is 2.25 bits per heavy atom. The van der Waals surface area contributed by atoms with E-state index in [0.717, 1.165) is 12.7 Å². The van der Waals surface area contributed by atoms with Crippen LogP contribution in [-0.2, 0) is 9.31 Å². The van der Waals surface area contributed by atoms with Crippen molar-refractivity contribution in [2.45, 2.75) is 57.6 Å². The monoisotopic (exact) mass is 322 g/mol. The van der Waals surface area contributed by atoms with Gasteiger partial charge in [-0.1, -0.05) is 48.5 Å². The Kier molecular flexibility index (Phi) is 4.59. The Bertz CT molecular complexity index is 719. The predicted octanol–water partition coefficient (Wildman–Crippen LogP) is 5.59. The van der Waals surface area contributed by atoms with Gasteiger partial charge in [-0.15, -0.1) is 6.58 Å². The molecule has 2 nitrogen and oxygen atoms in total. The van der Waals surface area contributed by atoms with Crippen molar-refractivity contribution in [2.75, 3.05) is 0 Å². The van der Waals surface area contributed by atoms with E-state index in [0.29, 0.717) is 5.92 Å². The van der Waals surface area contributed by atoms with Crippen molar-refractivity contribution in [1.82, 2.24) is 0 Å². The second-order valence-corrected chi connectivity index (χ2v) is 7.75. The molecule has 0 spiro atoms. The quantitative estimate of drug-likeness (QED) is 0.527. The first kappa shape index (κ1) is 17.3. The van der Waals surface area contributed by atoms with Gasteiger partial charge in [-0.25, -0.2) is 0 Å². The number of hydrogen-bond acceptors (Lipinski definition) is 2. The number of fused-ring (bicyclic) bond motifs is 1. The fraction of sp³-hybridized carbons (Fsp3) is 0.429. The molecule has 0 radical (unpaired) electrons. The molecule has 0 bridgehead atoms. The van der Waals surface area contributed by atoms with Crippen molar-refractivity contribution in [2.24, 2.45) is 0 Å². The summed E-state index contributed by atoms with van der Waals surface area (Å²) in [5.74, 6) is 0.349. The van der Waals surface area contributed by atoms with E-state index in [1.54, 1.807) is 0 Å². The molecule has 0 aliphatic carbocycles. The van der Waals surface area contributed by atoms with Crippen molar-refractivity contribution >= 4 is 17.9 Å². The highest BCUT2D eigenvalue weighted by Crippen LogP contribution is 2.40. The Hall–Kier alpha value is -1.58. The summed E-state index contributed by atoms with van der Waals surface area (Å²) in [6.45, 7) is 12.3. The van der Waals surface area contributed by atoms with Crippen LogP contribution in [0.5, 0.6) is 0 Å². The second-order valence-electron chi connectivity index (χ2n) is 7.75. The van der Waals surface area contributed by atoms with Gasteiger partial charge in [0.05, 0.1) is 11.2 Å². The van der Waals surface area contributed by atoms with E-state index in [1.807, 2.05) is 6.08 Å². The Labute approximate surface area is 146 Å². The molecule has 1 fully saturated rings. The summed E-state index contributed by atoms with van der Waals surface area (Å²) in [5, 5.41) is 2.55. The standard InChI is InChI=1S/C21H27BO2/c1-6-9-19(15-22-23-20(2,3)21(4,5)24-22)18-13-12-16-10-7-8-11-17(16)14-18/h6-8,10-14,19H,1,9,15H2,2-5H3/t19-/m0/s1. The van der Waals surface area contributed by atoms with Gasteiger partial charge in [-0.2, -0.15) is 0 Å². The minimum absolute atomic E-state index is 0.175. The van der Waals surface area contributed by atoms with Gasteiger partial charge < -0.3 is 9.31 Å². The summed E-state index contributed by atoms with van der Waals surface area (Å²) in [5.41, 5.74) is 0.767. The molecule has 1 aliphatic rings. The van der Waals surface area contributed by atoms with E-state index in [-0.39, 0.29) is 18.3 Å². The van der Waals surface area contributed by atoms with Crippen molar-refractivity contribution in [3.8, 4) is 0 Å². The van der Waals surface area contributed by atoms with Gasteiger partial charge in [-0.05, 0) is 62.7 Å². The van der Waals surface area contributed by atoms with Crippen LogP contribution in [0.1, 0.15) is 45.6 Å². The van der Waals surface area contributed by atoms with E-state index in [1.165, 1.54) is 16.3 Å². The van der Waals surface area contributed by atoms with E-state index in [9.17, 15) is 0 Å². The van der Waals surface area contributed by atoms with Crippen LogP contribution < -0.4 is 0 Å². The Morgan fingerprint density at radius 2 is 1.62 bits per heavy atom. The molecule has 1 atom stereocenters. The lowest BCUT2D eigenvalue weighted by atomic mass is 9.73. The number of hydrogen-bond donors (Lipinski definition) is 0. The van der Waals surface area contributed by atoms with Crippen molar-refractivity contribution < 1.29 is 9.31 Å². The summed E-state index contributed by atoms with van der Waals surface area (Å²) in [4.78, 5) is 0. The van der Waals surface area contributed by atoms with Crippen LogP contribution in [0.25, 0.3) is 10.8 Å². The third kappa shape index (κ3) is 3.29. The van der Waals surface area contributed by atoms with E-state index >= 15 is 0 Å². The molecular formula is C21H27BO2.